The van der Waals surface area contributed by atoms with Crippen LogP contribution in [-0.2, 0) is 11.2 Å². The van der Waals surface area contributed by atoms with Crippen LogP contribution >= 0.6 is 0 Å². The Morgan fingerprint density at radius 1 is 1.31 bits per heavy atom. The van der Waals surface area contributed by atoms with Crippen LogP contribution < -0.4 is 15.4 Å². The number of aromatic amines is 1. The highest BCUT2D eigenvalue weighted by atomic mass is 19.1. The molecule has 3 aromatic rings. The maximum absolute atomic E-state index is 14.1. The van der Waals surface area contributed by atoms with E-state index in [0.29, 0.717) is 17.8 Å². The van der Waals surface area contributed by atoms with Crippen LogP contribution in [0.3, 0.4) is 0 Å². The first kappa shape index (κ1) is 18.6. The molecular formula is C20H18FN5O3. The van der Waals surface area contributed by atoms with Gasteiger partial charge in [-0.05, 0) is 30.2 Å². The number of nitrogens with one attached hydrogen (secondary N) is 3. The van der Waals surface area contributed by atoms with E-state index in [0.717, 1.165) is 5.56 Å². The summed E-state index contributed by atoms with van der Waals surface area (Å²) >= 11 is 0. The second-order valence-corrected chi connectivity index (χ2v) is 6.71. The zero-order chi connectivity index (χ0) is 20.4. The van der Waals surface area contributed by atoms with E-state index in [4.69, 9.17) is 4.74 Å². The summed E-state index contributed by atoms with van der Waals surface area (Å²) in [5.41, 5.74) is 1.63. The van der Waals surface area contributed by atoms with Gasteiger partial charge in [0.05, 0.1) is 0 Å². The molecule has 1 aliphatic heterocycles. The number of fused-ring (bicyclic) bond motifs is 1. The average molecular weight is 395 g/mol. The Morgan fingerprint density at radius 2 is 2.10 bits per heavy atom. The number of anilines is 1. The van der Waals surface area contributed by atoms with Gasteiger partial charge in [-0.2, -0.15) is 0 Å². The maximum atomic E-state index is 14.1. The van der Waals surface area contributed by atoms with Crippen LogP contribution in [0.5, 0.6) is 5.75 Å². The summed E-state index contributed by atoms with van der Waals surface area (Å²) in [5, 5.41) is 11.6. The number of hydrogen-bond acceptors (Lipinski definition) is 5. The Balaban J connectivity index is 1.44. The van der Waals surface area contributed by atoms with Gasteiger partial charge in [0, 0.05) is 6.42 Å². The SMILES string of the molecule is Cc1cc(F)c2c(c1)OC[C@H](NC(=O)c1n[nH]c(Cc3ccccc3)n1)C(=O)N2. The summed E-state index contributed by atoms with van der Waals surface area (Å²) in [4.78, 5) is 29.0. The summed E-state index contributed by atoms with van der Waals surface area (Å²) in [6, 6.07) is 11.5. The lowest BCUT2D eigenvalue weighted by Crippen LogP contribution is -2.46. The van der Waals surface area contributed by atoms with E-state index in [-0.39, 0.29) is 23.9 Å². The molecule has 8 nitrogen and oxygen atoms in total. The van der Waals surface area contributed by atoms with Crippen molar-refractivity contribution in [3.8, 4) is 5.75 Å². The Bertz CT molecular complexity index is 1070. The molecule has 29 heavy (non-hydrogen) atoms. The Morgan fingerprint density at radius 3 is 2.90 bits per heavy atom. The lowest BCUT2D eigenvalue weighted by molar-refractivity contribution is -0.118. The quantitative estimate of drug-likeness (QED) is 0.626. The van der Waals surface area contributed by atoms with Gasteiger partial charge in [0.25, 0.3) is 11.8 Å². The number of benzene rings is 2. The summed E-state index contributed by atoms with van der Waals surface area (Å²) in [7, 11) is 0. The normalized spacial score (nSPS) is 15.7. The van der Waals surface area contributed by atoms with E-state index < -0.39 is 23.7 Å². The molecule has 0 unspecified atom stereocenters. The molecule has 3 N–H and O–H groups in total. The minimum Gasteiger partial charge on any atom is -0.489 e. The van der Waals surface area contributed by atoms with E-state index >= 15 is 0 Å². The molecule has 1 aliphatic rings. The number of aryl methyl sites for hydroxylation is 1. The van der Waals surface area contributed by atoms with Gasteiger partial charge in [-0.3, -0.25) is 14.7 Å². The lowest BCUT2D eigenvalue weighted by Gasteiger charge is -2.13. The first-order chi connectivity index (χ1) is 14.0. The van der Waals surface area contributed by atoms with E-state index in [1.54, 1.807) is 13.0 Å². The van der Waals surface area contributed by atoms with Crippen molar-refractivity contribution in [2.24, 2.45) is 0 Å². The van der Waals surface area contributed by atoms with E-state index in [1.807, 2.05) is 30.3 Å². The second-order valence-electron chi connectivity index (χ2n) is 6.71. The molecule has 0 radical (unpaired) electrons. The molecule has 2 amide bonds. The number of ether oxygens (including phenoxy) is 1. The summed E-state index contributed by atoms with van der Waals surface area (Å²) in [6.45, 7) is 1.57. The van der Waals surface area contributed by atoms with Crippen molar-refractivity contribution < 1.29 is 18.7 Å². The van der Waals surface area contributed by atoms with Crippen LogP contribution in [0.4, 0.5) is 10.1 Å². The van der Waals surface area contributed by atoms with Crippen molar-refractivity contribution >= 4 is 17.5 Å². The molecule has 0 saturated carbocycles. The predicted octanol–water partition coefficient (Wildman–Crippen LogP) is 1.97. The number of nitrogens with zero attached hydrogens (tertiary/aromatic N) is 2. The molecule has 148 valence electrons. The van der Waals surface area contributed by atoms with Crippen LogP contribution in [0.15, 0.2) is 42.5 Å². The molecule has 2 aromatic carbocycles. The van der Waals surface area contributed by atoms with Gasteiger partial charge in [-0.25, -0.2) is 9.37 Å². The largest absolute Gasteiger partial charge is 0.489 e. The molecule has 0 spiro atoms. The summed E-state index contributed by atoms with van der Waals surface area (Å²) in [6.07, 6.45) is 0.488. The van der Waals surface area contributed by atoms with Gasteiger partial charge in [-0.1, -0.05) is 30.3 Å². The fraction of sp³-hybridized carbons (Fsp3) is 0.200. The zero-order valence-corrected chi connectivity index (χ0v) is 15.5. The van der Waals surface area contributed by atoms with Crippen molar-refractivity contribution in [2.45, 2.75) is 19.4 Å². The van der Waals surface area contributed by atoms with E-state index in [9.17, 15) is 14.0 Å². The van der Waals surface area contributed by atoms with Crippen molar-refractivity contribution in [3.63, 3.8) is 0 Å². The smallest absolute Gasteiger partial charge is 0.291 e. The number of rotatable bonds is 4. The van der Waals surface area contributed by atoms with Gasteiger partial charge < -0.3 is 15.4 Å². The fourth-order valence-electron chi connectivity index (χ4n) is 3.00. The van der Waals surface area contributed by atoms with Crippen molar-refractivity contribution in [1.82, 2.24) is 20.5 Å². The third kappa shape index (κ3) is 4.08. The van der Waals surface area contributed by atoms with Crippen LogP contribution in [0, 0.1) is 12.7 Å². The van der Waals surface area contributed by atoms with Crippen LogP contribution in [0.1, 0.15) is 27.6 Å². The van der Waals surface area contributed by atoms with Crippen molar-refractivity contribution in [3.05, 3.63) is 71.1 Å². The molecule has 1 aromatic heterocycles. The zero-order valence-electron chi connectivity index (χ0n) is 15.5. The van der Waals surface area contributed by atoms with Crippen molar-refractivity contribution in [1.29, 1.82) is 0 Å². The molecular weight excluding hydrogens is 377 g/mol. The molecule has 0 saturated heterocycles. The number of H-pyrrole nitrogens is 1. The molecule has 0 bridgehead atoms. The Kier molecular flexibility index (Phi) is 4.94. The van der Waals surface area contributed by atoms with Gasteiger partial charge in [0.15, 0.2) is 5.82 Å². The summed E-state index contributed by atoms with van der Waals surface area (Å²) in [5.74, 6) is -1.16. The highest BCUT2D eigenvalue weighted by Gasteiger charge is 2.29. The lowest BCUT2D eigenvalue weighted by atomic mass is 10.1. The predicted molar refractivity (Wildman–Crippen MR) is 102 cm³/mol. The van der Waals surface area contributed by atoms with Gasteiger partial charge in [0.1, 0.15) is 29.9 Å². The van der Waals surface area contributed by atoms with Gasteiger partial charge in [0.2, 0.25) is 5.82 Å². The molecule has 0 aliphatic carbocycles. The van der Waals surface area contributed by atoms with Gasteiger partial charge >= 0.3 is 0 Å². The number of aromatic nitrogens is 3. The highest BCUT2D eigenvalue weighted by molar-refractivity contribution is 6.01. The standard InChI is InChI=1S/C20H18FN5O3/c1-11-7-13(21)17-15(8-11)29-10-14(19(27)24-17)22-20(28)18-23-16(25-26-18)9-12-5-3-2-4-6-12/h2-8,14H,9-10H2,1H3,(H,22,28)(H,24,27)(H,23,25,26)/t14-/m0/s1. The van der Waals surface area contributed by atoms with Crippen LogP contribution in [0.2, 0.25) is 0 Å². The first-order valence-electron chi connectivity index (χ1n) is 8.99. The van der Waals surface area contributed by atoms with Crippen LogP contribution in [-0.4, -0.2) is 39.6 Å². The third-order valence-corrected chi connectivity index (χ3v) is 4.42. The second kappa shape index (κ2) is 7.70. The highest BCUT2D eigenvalue weighted by Crippen LogP contribution is 2.31. The summed E-state index contributed by atoms with van der Waals surface area (Å²) < 4.78 is 19.6. The molecule has 1 atom stereocenters. The van der Waals surface area contributed by atoms with E-state index in [2.05, 4.69) is 25.8 Å². The molecule has 4 rings (SSSR count). The minimum atomic E-state index is -1.02. The first-order valence-corrected chi connectivity index (χ1v) is 8.99. The number of carbonyl (C=O) groups is 2. The number of carbonyl (C=O) groups excluding carboxylic acids is 2. The van der Waals surface area contributed by atoms with E-state index in [1.165, 1.54) is 6.07 Å². The minimum absolute atomic E-state index is 0.0413. The van der Waals surface area contributed by atoms with Crippen LogP contribution in [0.25, 0.3) is 0 Å². The topological polar surface area (TPSA) is 109 Å². The Labute approximate surface area is 165 Å². The molecule has 2 heterocycles. The monoisotopic (exact) mass is 395 g/mol. The molecule has 9 heteroatoms. The average Bonchev–Trinajstić information content (AvgIpc) is 3.10. The fourth-order valence-corrected chi connectivity index (χ4v) is 3.00. The third-order valence-electron chi connectivity index (χ3n) is 4.42. The van der Waals surface area contributed by atoms with Gasteiger partial charge in [-0.15, -0.1) is 5.10 Å². The number of halogens is 1. The maximum Gasteiger partial charge on any atom is 0.291 e. The Hall–Kier alpha value is -3.75. The number of hydrogen-bond donors (Lipinski definition) is 3. The molecule has 0 fully saturated rings. The van der Waals surface area contributed by atoms with Crippen molar-refractivity contribution in [2.75, 3.05) is 11.9 Å². The number of amides is 2.